The summed E-state index contributed by atoms with van der Waals surface area (Å²) in [4.78, 5) is 22.4. The van der Waals surface area contributed by atoms with Gasteiger partial charge in [-0.2, -0.15) is 0 Å². The van der Waals surface area contributed by atoms with Gasteiger partial charge in [-0.05, 0) is 25.5 Å². The Morgan fingerprint density at radius 2 is 2.24 bits per heavy atom. The van der Waals surface area contributed by atoms with Crippen molar-refractivity contribution in [1.29, 1.82) is 0 Å². The van der Waals surface area contributed by atoms with E-state index in [-0.39, 0.29) is 30.5 Å². The second-order valence-electron chi connectivity index (χ2n) is 5.09. The third-order valence-electron chi connectivity index (χ3n) is 3.88. The average Bonchev–Trinajstić information content (AvgIpc) is 3.10. The van der Waals surface area contributed by atoms with E-state index in [0.29, 0.717) is 12.6 Å². The van der Waals surface area contributed by atoms with Gasteiger partial charge in [0.05, 0.1) is 17.2 Å². The molecule has 0 amide bonds. The van der Waals surface area contributed by atoms with Crippen LogP contribution >= 0.6 is 24.8 Å². The molecule has 114 valence electrons. The third kappa shape index (κ3) is 2.54. The highest BCUT2D eigenvalue weighted by Gasteiger charge is 2.18. The molecule has 3 N–H and O–H groups in total. The fraction of sp³-hybridized carbons (Fsp3) is 0.385. The molecule has 0 saturated carbocycles. The van der Waals surface area contributed by atoms with Crippen molar-refractivity contribution in [3.63, 3.8) is 0 Å². The lowest BCUT2D eigenvalue weighted by Crippen LogP contribution is -2.31. The van der Waals surface area contributed by atoms with Crippen LogP contribution in [0.1, 0.15) is 12.8 Å². The quantitative estimate of drug-likeness (QED) is 0.670. The molecule has 1 aliphatic heterocycles. The first-order chi connectivity index (χ1) is 9.33. The number of aromatic amines is 2. The van der Waals surface area contributed by atoms with Crippen molar-refractivity contribution >= 4 is 46.9 Å². The maximum absolute atomic E-state index is 12.1. The number of aromatic nitrogens is 4. The van der Waals surface area contributed by atoms with Crippen LogP contribution in [-0.4, -0.2) is 32.1 Å². The summed E-state index contributed by atoms with van der Waals surface area (Å²) in [5.74, 6) is 0. The van der Waals surface area contributed by atoms with Crippen LogP contribution in [0.3, 0.4) is 0 Å². The number of hydrogen-bond acceptors (Lipinski definition) is 3. The fourth-order valence-electron chi connectivity index (χ4n) is 2.97. The molecule has 3 aromatic rings. The Morgan fingerprint density at radius 1 is 1.38 bits per heavy atom. The summed E-state index contributed by atoms with van der Waals surface area (Å²) in [5.41, 5.74) is 2.51. The maximum Gasteiger partial charge on any atom is 0.326 e. The highest BCUT2D eigenvalue weighted by molar-refractivity contribution is 6.00. The van der Waals surface area contributed by atoms with Crippen molar-refractivity contribution in [3.8, 4) is 0 Å². The monoisotopic (exact) mass is 329 g/mol. The van der Waals surface area contributed by atoms with Crippen molar-refractivity contribution in [3.05, 3.63) is 28.9 Å². The molecule has 1 saturated heterocycles. The Kier molecular flexibility index (Phi) is 4.61. The van der Waals surface area contributed by atoms with E-state index in [4.69, 9.17) is 0 Å². The predicted molar refractivity (Wildman–Crippen MR) is 87.7 cm³/mol. The van der Waals surface area contributed by atoms with Crippen LogP contribution in [0.25, 0.3) is 22.1 Å². The second kappa shape index (κ2) is 6.09. The number of nitrogens with zero attached hydrogens (tertiary/aromatic N) is 2. The minimum atomic E-state index is -0.0563. The highest BCUT2D eigenvalue weighted by Crippen LogP contribution is 2.21. The Morgan fingerprint density at radius 3 is 3.00 bits per heavy atom. The summed E-state index contributed by atoms with van der Waals surface area (Å²) in [6.45, 7) is 1.76. The molecule has 1 unspecified atom stereocenters. The summed E-state index contributed by atoms with van der Waals surface area (Å²) in [7, 11) is 0. The van der Waals surface area contributed by atoms with Crippen LogP contribution in [0.4, 0.5) is 0 Å². The van der Waals surface area contributed by atoms with E-state index in [0.717, 1.165) is 35.0 Å². The Bertz CT molecular complexity index is 800. The van der Waals surface area contributed by atoms with Crippen molar-refractivity contribution in [1.82, 2.24) is 24.8 Å². The molecule has 0 radical (unpaired) electrons. The largest absolute Gasteiger partial charge is 0.346 e. The molecule has 0 spiro atoms. The smallest absolute Gasteiger partial charge is 0.326 e. The summed E-state index contributed by atoms with van der Waals surface area (Å²) in [6.07, 6.45) is 5.88. The number of fused-ring (bicyclic) bond motifs is 3. The number of nitrogens with one attached hydrogen (secondary N) is 3. The minimum absolute atomic E-state index is 0. The summed E-state index contributed by atoms with van der Waals surface area (Å²) >= 11 is 0. The minimum Gasteiger partial charge on any atom is -0.346 e. The van der Waals surface area contributed by atoms with Crippen LogP contribution in [0.2, 0.25) is 0 Å². The molecular formula is C13H17Cl2N5O. The number of halogens is 2. The molecule has 8 heteroatoms. The molecule has 4 rings (SSSR count). The van der Waals surface area contributed by atoms with Gasteiger partial charge in [0, 0.05) is 24.2 Å². The lowest BCUT2D eigenvalue weighted by molar-refractivity contribution is 0.509. The van der Waals surface area contributed by atoms with Crippen LogP contribution in [0.15, 0.2) is 23.3 Å². The summed E-state index contributed by atoms with van der Waals surface area (Å²) in [5, 5.41) is 4.43. The summed E-state index contributed by atoms with van der Waals surface area (Å²) in [6, 6.07) is 2.36. The van der Waals surface area contributed by atoms with E-state index < -0.39 is 0 Å². The molecule has 4 heterocycles. The first kappa shape index (κ1) is 15.9. The maximum atomic E-state index is 12.1. The molecule has 3 aromatic heterocycles. The first-order valence-electron chi connectivity index (χ1n) is 6.61. The van der Waals surface area contributed by atoms with Crippen molar-refractivity contribution in [2.24, 2.45) is 0 Å². The standard InChI is InChI=1S/C13H15N5O.2ClH/c19-13-17-10-6-16-12-9(3-5-15-12)11(10)18(13)7-8-2-1-4-14-8;;/h3,5-6,8,14H,1-2,4,7H2,(H,15,16)(H,17,19);2*1H. The highest BCUT2D eigenvalue weighted by atomic mass is 35.5. The molecule has 1 aliphatic rings. The van der Waals surface area contributed by atoms with Crippen LogP contribution in [-0.2, 0) is 6.54 Å². The van der Waals surface area contributed by atoms with E-state index >= 15 is 0 Å². The molecule has 0 bridgehead atoms. The number of H-pyrrole nitrogens is 2. The van der Waals surface area contributed by atoms with E-state index in [1.165, 1.54) is 6.42 Å². The molecule has 6 nitrogen and oxygen atoms in total. The normalized spacial score (nSPS) is 17.8. The number of rotatable bonds is 2. The van der Waals surface area contributed by atoms with Crippen LogP contribution < -0.4 is 11.0 Å². The van der Waals surface area contributed by atoms with Crippen LogP contribution in [0, 0.1) is 0 Å². The lowest BCUT2D eigenvalue weighted by Gasteiger charge is -2.11. The van der Waals surface area contributed by atoms with Gasteiger partial charge in [-0.1, -0.05) is 0 Å². The van der Waals surface area contributed by atoms with Gasteiger partial charge in [-0.3, -0.25) is 4.57 Å². The van der Waals surface area contributed by atoms with Gasteiger partial charge in [0.25, 0.3) is 0 Å². The Hall–Kier alpha value is -1.50. The van der Waals surface area contributed by atoms with Gasteiger partial charge < -0.3 is 15.3 Å². The summed E-state index contributed by atoms with van der Waals surface area (Å²) < 4.78 is 1.83. The first-order valence-corrected chi connectivity index (χ1v) is 6.61. The van der Waals surface area contributed by atoms with Gasteiger partial charge in [0.1, 0.15) is 5.65 Å². The van der Waals surface area contributed by atoms with Crippen LogP contribution in [0.5, 0.6) is 0 Å². The molecule has 1 atom stereocenters. The van der Waals surface area contributed by atoms with Gasteiger partial charge in [-0.25, -0.2) is 9.78 Å². The second-order valence-corrected chi connectivity index (χ2v) is 5.09. The van der Waals surface area contributed by atoms with E-state index in [1.807, 2.05) is 16.8 Å². The van der Waals surface area contributed by atoms with Crippen molar-refractivity contribution in [2.75, 3.05) is 6.54 Å². The topological polar surface area (TPSA) is 78.5 Å². The van der Waals surface area contributed by atoms with Gasteiger partial charge in [0.2, 0.25) is 0 Å². The average molecular weight is 330 g/mol. The van der Waals surface area contributed by atoms with Gasteiger partial charge in [0.15, 0.2) is 0 Å². The van der Waals surface area contributed by atoms with E-state index in [1.54, 1.807) is 6.20 Å². The Labute approximate surface area is 133 Å². The number of hydrogen-bond donors (Lipinski definition) is 3. The molecule has 0 aromatic carbocycles. The Balaban J connectivity index is 0.000000807. The SMILES string of the molecule is Cl.Cl.O=c1[nH]c2cnc3[nH]ccc3c2n1CC1CCCN1. The predicted octanol–water partition coefficient (Wildman–Crippen LogP) is 1.80. The van der Waals surface area contributed by atoms with E-state index in [9.17, 15) is 4.79 Å². The van der Waals surface area contributed by atoms with Crippen molar-refractivity contribution < 1.29 is 0 Å². The third-order valence-corrected chi connectivity index (χ3v) is 3.88. The van der Waals surface area contributed by atoms with Gasteiger partial charge in [-0.15, -0.1) is 24.8 Å². The van der Waals surface area contributed by atoms with Crippen molar-refractivity contribution in [2.45, 2.75) is 25.4 Å². The molecule has 0 aliphatic carbocycles. The zero-order chi connectivity index (χ0) is 12.8. The van der Waals surface area contributed by atoms with Gasteiger partial charge >= 0.3 is 5.69 Å². The molecule has 21 heavy (non-hydrogen) atoms. The zero-order valence-electron chi connectivity index (χ0n) is 11.3. The lowest BCUT2D eigenvalue weighted by atomic mass is 10.2. The zero-order valence-corrected chi connectivity index (χ0v) is 12.9. The molecular weight excluding hydrogens is 313 g/mol. The van der Waals surface area contributed by atoms with E-state index in [2.05, 4.69) is 20.3 Å². The number of pyridine rings is 1. The molecule has 1 fully saturated rings. The number of imidazole rings is 1. The fourth-order valence-corrected chi connectivity index (χ4v) is 2.97.